The molecule has 0 unspecified atom stereocenters. The largest absolute Gasteiger partial charge is 0.351 e. The zero-order chi connectivity index (χ0) is 14.7. The van der Waals surface area contributed by atoms with Crippen LogP contribution in [0.25, 0.3) is 10.9 Å². The fraction of sp³-hybridized carbons (Fsp3) is 0.111. The van der Waals surface area contributed by atoms with E-state index in [0.29, 0.717) is 22.4 Å². The van der Waals surface area contributed by atoms with E-state index in [-0.39, 0.29) is 11.6 Å². The topological polar surface area (TPSA) is 49.9 Å². The first-order chi connectivity index (χ1) is 10.1. The molecule has 2 aromatic carbocycles. The number of fused-ring (bicyclic) bond motifs is 4. The normalized spacial score (nSPS) is 13.4. The number of aromatic nitrogens is 1. The van der Waals surface area contributed by atoms with Gasteiger partial charge in [0.15, 0.2) is 5.78 Å². The van der Waals surface area contributed by atoms with Crippen LogP contribution in [-0.4, -0.2) is 16.6 Å². The summed E-state index contributed by atoms with van der Waals surface area (Å²) in [6.07, 6.45) is 0. The third-order valence-corrected chi connectivity index (χ3v) is 4.28. The number of carbonyl (C=O) groups excluding carboxylic acids is 2. The molecule has 1 aromatic heterocycles. The van der Waals surface area contributed by atoms with Gasteiger partial charge in [0.25, 0.3) is 0 Å². The maximum Gasteiger partial charge on any atom is 0.210 e. The molecule has 0 saturated carbocycles. The smallest absolute Gasteiger partial charge is 0.210 e. The quantitative estimate of drug-likeness (QED) is 0.533. The number of benzene rings is 2. The Hall–Kier alpha value is -2.68. The van der Waals surface area contributed by atoms with Gasteiger partial charge in [0.2, 0.25) is 5.78 Å². The number of aryl methyl sites for hydroxylation is 2. The summed E-state index contributed by atoms with van der Waals surface area (Å²) in [5.41, 5.74) is 5.00. The minimum absolute atomic E-state index is 0.0743. The molecule has 0 atom stereocenters. The summed E-state index contributed by atoms with van der Waals surface area (Å²) in [5, 5.41) is 0.834. The van der Waals surface area contributed by atoms with Crippen LogP contribution in [0, 0.1) is 13.8 Å². The lowest BCUT2D eigenvalue weighted by atomic mass is 9.86. The molecule has 0 amide bonds. The van der Waals surface area contributed by atoms with Crippen LogP contribution in [0.15, 0.2) is 36.4 Å². The lowest BCUT2D eigenvalue weighted by molar-refractivity contribution is 0.0978. The zero-order valence-corrected chi connectivity index (χ0v) is 11.8. The first kappa shape index (κ1) is 12.1. The fourth-order valence-corrected chi connectivity index (χ4v) is 3.01. The Labute approximate surface area is 121 Å². The van der Waals surface area contributed by atoms with Gasteiger partial charge in [-0.25, -0.2) is 0 Å². The predicted octanol–water partition coefficient (Wildman–Crippen LogP) is 3.56. The Kier molecular flexibility index (Phi) is 2.25. The molecule has 4 rings (SSSR count). The molecule has 0 bridgehead atoms. The van der Waals surface area contributed by atoms with Crippen molar-refractivity contribution >= 4 is 22.5 Å². The molecule has 1 N–H and O–H groups in total. The number of hydrogen-bond donors (Lipinski definition) is 1. The van der Waals surface area contributed by atoms with Crippen molar-refractivity contribution < 1.29 is 9.59 Å². The van der Waals surface area contributed by atoms with Crippen LogP contribution >= 0.6 is 0 Å². The van der Waals surface area contributed by atoms with Crippen LogP contribution in [0.2, 0.25) is 0 Å². The molecular weight excluding hydrogens is 262 g/mol. The lowest BCUT2D eigenvalue weighted by Crippen LogP contribution is -2.20. The Morgan fingerprint density at radius 2 is 1.48 bits per heavy atom. The molecule has 3 heteroatoms. The lowest BCUT2D eigenvalue weighted by Gasteiger charge is -2.13. The third-order valence-electron chi connectivity index (χ3n) is 4.28. The average Bonchev–Trinajstić information content (AvgIpc) is 2.84. The Bertz CT molecular complexity index is 947. The van der Waals surface area contributed by atoms with Crippen molar-refractivity contribution in [2.75, 3.05) is 0 Å². The maximum atomic E-state index is 12.8. The molecule has 1 aliphatic rings. The fourth-order valence-electron chi connectivity index (χ4n) is 3.01. The van der Waals surface area contributed by atoms with E-state index in [0.717, 1.165) is 22.0 Å². The first-order valence-electron chi connectivity index (χ1n) is 6.89. The first-order valence-corrected chi connectivity index (χ1v) is 6.89. The Balaban J connectivity index is 2.11. The second-order valence-electron chi connectivity index (χ2n) is 5.56. The number of rotatable bonds is 0. The van der Waals surface area contributed by atoms with Crippen LogP contribution < -0.4 is 0 Å². The Morgan fingerprint density at radius 3 is 2.19 bits per heavy atom. The van der Waals surface area contributed by atoms with Gasteiger partial charge in [-0.05, 0) is 37.1 Å². The summed E-state index contributed by atoms with van der Waals surface area (Å²) in [6.45, 7) is 4.03. The van der Waals surface area contributed by atoms with Crippen LogP contribution in [0.1, 0.15) is 43.1 Å². The van der Waals surface area contributed by atoms with Gasteiger partial charge >= 0.3 is 0 Å². The molecule has 0 spiro atoms. The van der Waals surface area contributed by atoms with Crippen molar-refractivity contribution in [2.45, 2.75) is 13.8 Å². The number of nitrogens with one attached hydrogen (secondary N) is 1. The highest BCUT2D eigenvalue weighted by Crippen LogP contribution is 2.33. The minimum atomic E-state index is -0.105. The molecule has 0 saturated heterocycles. The van der Waals surface area contributed by atoms with Gasteiger partial charge in [-0.3, -0.25) is 9.59 Å². The predicted molar refractivity (Wildman–Crippen MR) is 81.1 cm³/mol. The highest BCUT2D eigenvalue weighted by atomic mass is 16.1. The van der Waals surface area contributed by atoms with E-state index in [1.807, 2.05) is 26.0 Å². The summed E-state index contributed by atoms with van der Waals surface area (Å²) in [6, 6.07) is 11.0. The molecule has 1 aliphatic carbocycles. The van der Waals surface area contributed by atoms with Crippen LogP contribution in [-0.2, 0) is 0 Å². The van der Waals surface area contributed by atoms with Gasteiger partial charge in [-0.1, -0.05) is 24.3 Å². The molecule has 1 heterocycles. The maximum absolute atomic E-state index is 12.8. The minimum Gasteiger partial charge on any atom is -0.351 e. The highest BCUT2D eigenvalue weighted by molar-refractivity contribution is 6.32. The summed E-state index contributed by atoms with van der Waals surface area (Å²) >= 11 is 0. The zero-order valence-electron chi connectivity index (χ0n) is 11.8. The number of H-pyrrole nitrogens is 1. The number of carbonyl (C=O) groups is 2. The van der Waals surface area contributed by atoms with Crippen molar-refractivity contribution in [3.05, 3.63) is 69.9 Å². The molecule has 3 nitrogen and oxygen atoms in total. The molecule has 102 valence electrons. The number of hydrogen-bond acceptors (Lipinski definition) is 2. The molecule has 0 radical (unpaired) electrons. The highest BCUT2D eigenvalue weighted by Gasteiger charge is 2.32. The Morgan fingerprint density at radius 1 is 0.857 bits per heavy atom. The van der Waals surface area contributed by atoms with E-state index in [4.69, 9.17) is 0 Å². The molecular formula is C18H13NO2. The van der Waals surface area contributed by atoms with E-state index in [9.17, 15) is 9.59 Å². The molecule has 3 aromatic rings. The van der Waals surface area contributed by atoms with Crippen molar-refractivity contribution in [3.8, 4) is 0 Å². The van der Waals surface area contributed by atoms with Crippen molar-refractivity contribution in [1.82, 2.24) is 4.98 Å². The van der Waals surface area contributed by atoms with E-state index in [1.54, 1.807) is 24.3 Å². The monoisotopic (exact) mass is 275 g/mol. The van der Waals surface area contributed by atoms with Gasteiger partial charge in [0.05, 0.1) is 11.3 Å². The van der Waals surface area contributed by atoms with Gasteiger partial charge in [-0.2, -0.15) is 0 Å². The average molecular weight is 275 g/mol. The van der Waals surface area contributed by atoms with E-state index >= 15 is 0 Å². The number of aromatic amines is 1. The van der Waals surface area contributed by atoms with Gasteiger partial charge in [0.1, 0.15) is 0 Å². The van der Waals surface area contributed by atoms with Crippen molar-refractivity contribution in [1.29, 1.82) is 0 Å². The van der Waals surface area contributed by atoms with Gasteiger partial charge < -0.3 is 4.98 Å². The second-order valence-corrected chi connectivity index (χ2v) is 5.56. The summed E-state index contributed by atoms with van der Waals surface area (Å²) in [7, 11) is 0. The second kappa shape index (κ2) is 3.92. The van der Waals surface area contributed by atoms with Crippen LogP contribution in [0.4, 0.5) is 0 Å². The number of ketones is 2. The molecule has 0 fully saturated rings. The van der Waals surface area contributed by atoms with Crippen LogP contribution in [0.5, 0.6) is 0 Å². The van der Waals surface area contributed by atoms with Crippen LogP contribution in [0.3, 0.4) is 0 Å². The summed E-state index contributed by atoms with van der Waals surface area (Å²) < 4.78 is 0. The molecule has 0 aliphatic heterocycles. The standard InChI is InChI=1S/C18H13NO2/c1-9-7-13-14(8-10(9)2)19-16-15(13)17(20)11-5-3-4-6-12(11)18(16)21/h3-8,19H,1-2H3. The van der Waals surface area contributed by atoms with E-state index < -0.39 is 0 Å². The van der Waals surface area contributed by atoms with Gasteiger partial charge in [-0.15, -0.1) is 0 Å². The van der Waals surface area contributed by atoms with E-state index in [2.05, 4.69) is 4.98 Å². The van der Waals surface area contributed by atoms with Crippen molar-refractivity contribution in [3.63, 3.8) is 0 Å². The van der Waals surface area contributed by atoms with E-state index in [1.165, 1.54) is 0 Å². The van der Waals surface area contributed by atoms with Gasteiger partial charge in [0, 0.05) is 22.0 Å². The SMILES string of the molecule is Cc1cc2[nH]c3c(c2cc1C)C(=O)c1ccccc1C3=O. The third kappa shape index (κ3) is 1.49. The summed E-state index contributed by atoms with van der Waals surface area (Å²) in [5.74, 6) is -0.179. The molecule has 21 heavy (non-hydrogen) atoms. The summed E-state index contributed by atoms with van der Waals surface area (Å²) in [4.78, 5) is 28.5. The van der Waals surface area contributed by atoms with Crippen molar-refractivity contribution in [2.24, 2.45) is 0 Å².